The van der Waals surface area contributed by atoms with Crippen LogP contribution in [-0.2, 0) is 37.9 Å². The topological polar surface area (TPSA) is 118 Å². The Bertz CT molecular complexity index is 1800. The number of carbonyl (C=O) groups is 2. The maximum atomic E-state index is 11.3. The third-order valence-electron chi connectivity index (χ3n) is 5.97. The van der Waals surface area contributed by atoms with E-state index in [4.69, 9.17) is 31.9 Å². The quantitative estimate of drug-likeness (QED) is 0.0340. The molecule has 15 heteroatoms. The second-order valence-corrected chi connectivity index (χ2v) is 14.8. The van der Waals surface area contributed by atoms with Gasteiger partial charge >= 0.3 is 0 Å². The number of allylic oxidation sites excluding steroid dienone is 3. The van der Waals surface area contributed by atoms with Crippen molar-refractivity contribution in [3.63, 3.8) is 0 Å². The van der Waals surface area contributed by atoms with Crippen LogP contribution >= 0.6 is 58.8 Å². The van der Waals surface area contributed by atoms with E-state index >= 15 is 0 Å². The summed E-state index contributed by atoms with van der Waals surface area (Å²) < 4.78 is 36.1. The molecule has 1 heterocycles. The number of nitrogens with zero attached hydrogens (tertiary/aromatic N) is 1. The van der Waals surface area contributed by atoms with Crippen LogP contribution in [-0.4, -0.2) is 45.8 Å². The third-order valence-corrected chi connectivity index (χ3v) is 10.1. The van der Waals surface area contributed by atoms with Crippen LogP contribution in [0.15, 0.2) is 117 Å². The van der Waals surface area contributed by atoms with Crippen LogP contribution in [0.25, 0.3) is 21.0 Å². The Balaban J connectivity index is 0.000000366. The monoisotopic (exact) mass is 797 g/mol. The highest BCUT2D eigenvalue weighted by molar-refractivity contribution is 7.94. The molecule has 0 bridgehead atoms. The number of carbonyl (C=O) groups excluding carboxylic acids is 2. The maximum Gasteiger partial charge on any atom is 0.175 e. The van der Waals surface area contributed by atoms with E-state index in [0.717, 1.165) is 73.6 Å². The molecular formula is C35H37Cl2NO8S4. The Labute approximate surface area is 316 Å². The molecule has 9 nitrogen and oxygen atoms in total. The molecule has 0 aliphatic carbocycles. The first-order valence-electron chi connectivity index (χ1n) is 14.2. The summed E-state index contributed by atoms with van der Waals surface area (Å²) in [5, 5.41) is 0.933. The van der Waals surface area contributed by atoms with Crippen molar-refractivity contribution in [2.75, 3.05) is 20.5 Å². The highest BCUT2D eigenvalue weighted by Gasteiger charge is 2.09. The molecule has 0 radical (unpaired) electrons. The van der Waals surface area contributed by atoms with Gasteiger partial charge in [0, 0.05) is 38.4 Å². The molecule has 0 aliphatic rings. The molecule has 0 saturated carbocycles. The number of hydrogen-bond acceptors (Lipinski definition) is 12. The van der Waals surface area contributed by atoms with Crippen LogP contribution in [0.4, 0.5) is 0 Å². The van der Waals surface area contributed by atoms with Crippen LogP contribution in [0.5, 0.6) is 0 Å². The summed E-state index contributed by atoms with van der Waals surface area (Å²) in [7, 11) is -0.236. The molecule has 0 atom stereocenters. The van der Waals surface area contributed by atoms with Gasteiger partial charge in [-0.15, -0.1) is 13.2 Å². The molecule has 0 aliphatic heterocycles. The van der Waals surface area contributed by atoms with E-state index in [-0.39, 0.29) is 0 Å². The lowest BCUT2D eigenvalue weighted by atomic mass is 10.1. The minimum atomic E-state index is -3.11. The van der Waals surface area contributed by atoms with E-state index in [2.05, 4.69) is 27.3 Å². The van der Waals surface area contributed by atoms with E-state index in [1.165, 1.54) is 32.0 Å². The number of benzene rings is 3. The molecule has 268 valence electrons. The van der Waals surface area contributed by atoms with E-state index < -0.39 is 9.84 Å². The Morgan fingerprint density at radius 3 is 1.64 bits per heavy atom. The highest BCUT2D eigenvalue weighted by Crippen LogP contribution is 2.28. The number of aryl methyl sites for hydroxylation is 1. The molecule has 0 fully saturated rings. The predicted octanol–water partition coefficient (Wildman–Crippen LogP) is 10.2. The molecule has 1 aromatic heterocycles. The minimum Gasteiger partial charge on any atom is -0.298 e. The van der Waals surface area contributed by atoms with Crippen LogP contribution in [0, 0.1) is 6.92 Å². The van der Waals surface area contributed by atoms with E-state index in [1.54, 1.807) is 38.1 Å². The molecule has 50 heavy (non-hydrogen) atoms. The number of halogens is 2. The van der Waals surface area contributed by atoms with Gasteiger partial charge in [-0.25, -0.2) is 22.6 Å². The standard InChI is InChI=1S/2C11H11ClO3S.C11H11NO2S2.C2H4/c1-8(12)11(7-13)9-3-5-10(6-4-9)16-15-14-2;1-8(7-13)11(12)9-3-5-10(6-4-9)16-15-14-2;1-8-7-12-15-11(8)9-3-5-10(6-4-9)16(2,13)14;1-2/h3*3-7H,1-2H3;1-2H2/b11-8+;11-8-;;. The number of aromatic nitrogens is 1. The summed E-state index contributed by atoms with van der Waals surface area (Å²) in [6.45, 7) is 11.3. The average molecular weight is 799 g/mol. The summed E-state index contributed by atoms with van der Waals surface area (Å²) >= 11 is 15.4. The molecule has 0 spiro atoms. The molecule has 0 N–H and O–H groups in total. The van der Waals surface area contributed by atoms with E-state index in [9.17, 15) is 18.0 Å². The van der Waals surface area contributed by atoms with Crippen LogP contribution < -0.4 is 0 Å². The average Bonchev–Trinajstić information content (AvgIpc) is 3.56. The molecular weight excluding hydrogens is 762 g/mol. The molecule has 0 saturated heterocycles. The van der Waals surface area contributed by atoms with Crippen molar-refractivity contribution < 1.29 is 36.4 Å². The number of aldehydes is 2. The van der Waals surface area contributed by atoms with Crippen molar-refractivity contribution >= 4 is 91.8 Å². The van der Waals surface area contributed by atoms with Crippen LogP contribution in [0.1, 0.15) is 30.5 Å². The van der Waals surface area contributed by atoms with Gasteiger partial charge in [-0.05, 0) is 91.0 Å². The largest absolute Gasteiger partial charge is 0.298 e. The van der Waals surface area contributed by atoms with E-state index in [0.29, 0.717) is 26.1 Å². The van der Waals surface area contributed by atoms with Crippen molar-refractivity contribution in [3.05, 3.63) is 119 Å². The minimum absolute atomic E-state index is 0.346. The molecule has 4 rings (SSSR count). The summed E-state index contributed by atoms with van der Waals surface area (Å²) in [6, 6.07) is 21.4. The fourth-order valence-corrected chi connectivity index (χ4v) is 6.04. The van der Waals surface area contributed by atoms with Crippen molar-refractivity contribution in [1.82, 2.24) is 4.37 Å². The van der Waals surface area contributed by atoms with Crippen LogP contribution in [0.2, 0.25) is 0 Å². The summed E-state index contributed by atoms with van der Waals surface area (Å²) in [4.78, 5) is 33.5. The lowest BCUT2D eigenvalue weighted by molar-refractivity contribution is -0.160. The maximum absolute atomic E-state index is 11.3. The molecule has 3 aromatic carbocycles. The molecule has 0 unspecified atom stereocenters. The fraction of sp³-hybridized carbons (Fsp3) is 0.171. The lowest BCUT2D eigenvalue weighted by Crippen LogP contribution is -1.96. The number of hydrogen-bond donors (Lipinski definition) is 0. The zero-order valence-electron chi connectivity index (χ0n) is 28.2. The van der Waals surface area contributed by atoms with Crippen molar-refractivity contribution in [3.8, 4) is 10.4 Å². The fourth-order valence-electron chi connectivity index (χ4n) is 3.54. The van der Waals surface area contributed by atoms with Crippen molar-refractivity contribution in [2.45, 2.75) is 35.5 Å². The van der Waals surface area contributed by atoms with Gasteiger partial charge in [0.2, 0.25) is 0 Å². The first-order chi connectivity index (χ1) is 23.9. The number of rotatable bonds is 12. The van der Waals surface area contributed by atoms with Crippen molar-refractivity contribution in [1.29, 1.82) is 0 Å². The summed E-state index contributed by atoms with van der Waals surface area (Å²) in [5.41, 5.74) is 4.70. The smallest absolute Gasteiger partial charge is 0.175 e. The third kappa shape index (κ3) is 15.4. The highest BCUT2D eigenvalue weighted by atomic mass is 35.5. The van der Waals surface area contributed by atoms with Gasteiger partial charge in [-0.1, -0.05) is 59.6 Å². The van der Waals surface area contributed by atoms with Gasteiger partial charge in [-0.3, -0.25) is 9.59 Å². The zero-order valence-corrected chi connectivity index (χ0v) is 33.0. The Kier molecular flexibility index (Phi) is 21.7. The second-order valence-electron chi connectivity index (χ2n) is 9.50. The van der Waals surface area contributed by atoms with Gasteiger partial charge in [0.15, 0.2) is 16.1 Å². The van der Waals surface area contributed by atoms with Gasteiger partial charge in [0.05, 0.1) is 53.1 Å². The molecule has 4 aromatic rings. The Morgan fingerprint density at radius 1 is 0.800 bits per heavy atom. The summed E-state index contributed by atoms with van der Waals surface area (Å²) in [5.74, 6) is 0. The first-order valence-corrected chi connectivity index (χ1v) is 19.1. The van der Waals surface area contributed by atoms with Gasteiger partial charge in [0.1, 0.15) is 6.29 Å². The Hall–Kier alpha value is -3.08. The second kappa shape index (κ2) is 24.2. The first kappa shape index (κ1) is 44.9. The molecule has 0 amide bonds. The summed E-state index contributed by atoms with van der Waals surface area (Å²) in [6.07, 6.45) is 4.50. The SMILES string of the molecule is C=C.COOSc1ccc(/C(C=O)=C(\C)Cl)cc1.COOSc1ccc(/C(Cl)=C(\C)C=O)cc1.Cc1cnsc1-c1ccc(S(C)(=O)=O)cc1. The van der Waals surface area contributed by atoms with Crippen molar-refractivity contribution in [2.24, 2.45) is 0 Å². The predicted molar refractivity (Wildman–Crippen MR) is 206 cm³/mol. The zero-order chi connectivity index (χ0) is 37.7. The normalized spacial score (nSPS) is 11.6. The van der Waals surface area contributed by atoms with Gasteiger partial charge in [-0.2, -0.15) is 8.67 Å². The van der Waals surface area contributed by atoms with E-state index in [1.807, 2.05) is 61.7 Å². The number of sulfone groups is 1. The van der Waals surface area contributed by atoms with Crippen LogP contribution in [0.3, 0.4) is 0 Å². The lowest BCUT2D eigenvalue weighted by Gasteiger charge is -2.03. The van der Waals surface area contributed by atoms with Gasteiger partial charge in [0.25, 0.3) is 0 Å². The Morgan fingerprint density at radius 2 is 1.28 bits per heavy atom. The van der Waals surface area contributed by atoms with Gasteiger partial charge < -0.3 is 0 Å².